The van der Waals surface area contributed by atoms with E-state index in [2.05, 4.69) is 20.9 Å². The highest BCUT2D eigenvalue weighted by Gasteiger charge is 2.31. The number of hydrogen-bond acceptors (Lipinski definition) is 3. The zero-order valence-corrected chi connectivity index (χ0v) is 20.1. The maximum atomic E-state index is 13.6. The molecule has 6 nitrogen and oxygen atoms in total. The number of aromatic nitrogens is 1. The summed E-state index contributed by atoms with van der Waals surface area (Å²) in [5.74, 6) is -1.32. The molecule has 0 saturated heterocycles. The summed E-state index contributed by atoms with van der Waals surface area (Å²) in [5, 5.41) is 7.62. The van der Waals surface area contributed by atoms with Gasteiger partial charge in [-0.3, -0.25) is 4.79 Å². The van der Waals surface area contributed by atoms with Gasteiger partial charge < -0.3 is 20.9 Å². The molecule has 1 aromatic heterocycles. The number of rotatable bonds is 5. The standard InChI is InChI=1S/C27H18F4N4O2S/c28-16-9-15(27(29,30)31)10-19(11-16)34-26(37)33-18-3-1-5-20(12-18)38-21-6-7-22-23(13-17-4-2-8-32-17)25(36)35-24(22)14-21/h1-14,32H,(H,35,36)(H2,33,34,37)/b23-13-. The number of aromatic amines is 1. The molecule has 3 aromatic carbocycles. The van der Waals surface area contributed by atoms with Crippen LogP contribution in [-0.2, 0) is 11.0 Å². The van der Waals surface area contributed by atoms with Crippen LogP contribution in [-0.4, -0.2) is 16.9 Å². The number of carbonyl (C=O) groups is 2. The first-order valence-corrected chi connectivity index (χ1v) is 12.0. The Morgan fingerprint density at radius 2 is 1.68 bits per heavy atom. The lowest BCUT2D eigenvalue weighted by Crippen LogP contribution is -2.20. The van der Waals surface area contributed by atoms with Crippen molar-refractivity contribution in [1.29, 1.82) is 0 Å². The van der Waals surface area contributed by atoms with Crippen molar-refractivity contribution in [1.82, 2.24) is 4.98 Å². The van der Waals surface area contributed by atoms with E-state index in [1.807, 2.05) is 36.4 Å². The third-order valence-electron chi connectivity index (χ3n) is 5.51. The van der Waals surface area contributed by atoms with Crippen molar-refractivity contribution in [3.05, 3.63) is 102 Å². The fourth-order valence-corrected chi connectivity index (χ4v) is 4.78. The summed E-state index contributed by atoms with van der Waals surface area (Å²) in [6.07, 6.45) is -1.19. The van der Waals surface area contributed by atoms with Crippen LogP contribution in [0.5, 0.6) is 0 Å². The summed E-state index contributed by atoms with van der Waals surface area (Å²) in [6.45, 7) is 0. The summed E-state index contributed by atoms with van der Waals surface area (Å²) in [4.78, 5) is 29.5. The van der Waals surface area contributed by atoms with Crippen LogP contribution in [0, 0.1) is 5.82 Å². The Kier molecular flexibility index (Phi) is 6.68. The van der Waals surface area contributed by atoms with E-state index in [0.29, 0.717) is 29.1 Å². The number of benzene rings is 3. The molecule has 38 heavy (non-hydrogen) atoms. The van der Waals surface area contributed by atoms with Crippen LogP contribution in [0.2, 0.25) is 0 Å². The average molecular weight is 539 g/mol. The second-order valence-electron chi connectivity index (χ2n) is 8.28. The van der Waals surface area contributed by atoms with Crippen LogP contribution in [0.15, 0.2) is 88.8 Å². The molecule has 192 valence electrons. The molecule has 4 N–H and O–H groups in total. The molecule has 5 rings (SSSR count). The van der Waals surface area contributed by atoms with Gasteiger partial charge in [0.1, 0.15) is 5.82 Å². The van der Waals surface area contributed by atoms with Gasteiger partial charge in [-0.2, -0.15) is 13.2 Å². The molecule has 2 heterocycles. The molecule has 0 aliphatic carbocycles. The van der Waals surface area contributed by atoms with E-state index in [9.17, 15) is 27.2 Å². The predicted octanol–water partition coefficient (Wildman–Crippen LogP) is 7.46. The van der Waals surface area contributed by atoms with Crippen LogP contribution < -0.4 is 16.0 Å². The monoisotopic (exact) mass is 538 g/mol. The SMILES string of the molecule is O=C(Nc1cccc(Sc2ccc3c(c2)NC(=O)/C3=C\c2ccc[nH]2)c1)Nc1cc(F)cc(C(F)(F)F)c1. The third-order valence-corrected chi connectivity index (χ3v) is 6.49. The fraction of sp³-hybridized carbons (Fsp3) is 0.0370. The number of carbonyl (C=O) groups excluding carboxylic acids is 2. The Balaban J connectivity index is 1.27. The summed E-state index contributed by atoms with van der Waals surface area (Å²) in [5.41, 5.74) is 1.68. The molecule has 1 aliphatic rings. The maximum Gasteiger partial charge on any atom is 0.416 e. The van der Waals surface area contributed by atoms with E-state index in [1.54, 1.807) is 30.5 Å². The van der Waals surface area contributed by atoms with Crippen molar-refractivity contribution in [3.8, 4) is 0 Å². The molecule has 0 unspecified atom stereocenters. The molecule has 0 bridgehead atoms. The van der Waals surface area contributed by atoms with Crippen molar-refractivity contribution in [2.45, 2.75) is 16.0 Å². The Hall–Kier alpha value is -4.51. The molecule has 0 spiro atoms. The lowest BCUT2D eigenvalue weighted by molar-refractivity contribution is -0.137. The van der Waals surface area contributed by atoms with Gasteiger partial charge in [-0.25, -0.2) is 9.18 Å². The second kappa shape index (κ2) is 10.1. The number of nitrogens with one attached hydrogen (secondary N) is 4. The van der Waals surface area contributed by atoms with E-state index in [0.717, 1.165) is 27.1 Å². The summed E-state index contributed by atoms with van der Waals surface area (Å²) in [7, 11) is 0. The van der Waals surface area contributed by atoms with Crippen LogP contribution in [0.25, 0.3) is 11.6 Å². The normalized spacial score (nSPS) is 13.8. The van der Waals surface area contributed by atoms with Gasteiger partial charge in [-0.05, 0) is 66.7 Å². The van der Waals surface area contributed by atoms with Gasteiger partial charge in [0.2, 0.25) is 0 Å². The molecule has 0 fully saturated rings. The van der Waals surface area contributed by atoms with E-state index >= 15 is 0 Å². The minimum atomic E-state index is -4.75. The van der Waals surface area contributed by atoms with Gasteiger partial charge >= 0.3 is 12.2 Å². The van der Waals surface area contributed by atoms with E-state index in [1.165, 1.54) is 11.8 Å². The van der Waals surface area contributed by atoms with Crippen molar-refractivity contribution < 1.29 is 27.2 Å². The number of H-pyrrole nitrogens is 1. The highest BCUT2D eigenvalue weighted by atomic mass is 32.2. The first-order chi connectivity index (χ1) is 18.1. The van der Waals surface area contributed by atoms with E-state index < -0.39 is 23.6 Å². The molecule has 0 radical (unpaired) electrons. The van der Waals surface area contributed by atoms with Crippen LogP contribution in [0.4, 0.5) is 39.4 Å². The van der Waals surface area contributed by atoms with Crippen LogP contribution >= 0.6 is 11.8 Å². The Morgan fingerprint density at radius 3 is 2.45 bits per heavy atom. The van der Waals surface area contributed by atoms with Crippen LogP contribution in [0.1, 0.15) is 16.8 Å². The van der Waals surface area contributed by atoms with Gasteiger partial charge in [0.05, 0.1) is 16.8 Å². The number of urea groups is 1. The molecule has 3 amide bonds. The molecular formula is C27H18F4N4O2S. The molecule has 11 heteroatoms. The predicted molar refractivity (Wildman–Crippen MR) is 138 cm³/mol. The molecule has 0 saturated carbocycles. The maximum absolute atomic E-state index is 13.6. The highest BCUT2D eigenvalue weighted by molar-refractivity contribution is 7.99. The average Bonchev–Trinajstić information content (AvgIpc) is 3.46. The van der Waals surface area contributed by atoms with E-state index in [-0.39, 0.29) is 11.6 Å². The largest absolute Gasteiger partial charge is 0.416 e. The number of amides is 3. The number of hydrogen-bond donors (Lipinski definition) is 4. The van der Waals surface area contributed by atoms with Crippen LogP contribution in [0.3, 0.4) is 0 Å². The minimum Gasteiger partial charge on any atom is -0.362 e. The van der Waals surface area contributed by atoms with Crippen molar-refractivity contribution >= 4 is 52.4 Å². The molecule has 0 atom stereocenters. The zero-order valence-electron chi connectivity index (χ0n) is 19.3. The smallest absolute Gasteiger partial charge is 0.362 e. The lowest BCUT2D eigenvalue weighted by Gasteiger charge is -2.12. The summed E-state index contributed by atoms with van der Waals surface area (Å²) >= 11 is 1.39. The van der Waals surface area contributed by atoms with Gasteiger partial charge in [-0.15, -0.1) is 0 Å². The number of fused-ring (bicyclic) bond motifs is 1. The number of alkyl halides is 3. The van der Waals surface area contributed by atoms with Gasteiger partial charge in [-0.1, -0.05) is 23.9 Å². The Morgan fingerprint density at radius 1 is 0.895 bits per heavy atom. The molecule has 1 aliphatic heterocycles. The third kappa shape index (κ3) is 5.73. The summed E-state index contributed by atoms with van der Waals surface area (Å²) in [6, 6.07) is 17.1. The topological polar surface area (TPSA) is 86.0 Å². The van der Waals surface area contributed by atoms with Gasteiger partial charge in [0.25, 0.3) is 5.91 Å². The minimum absolute atomic E-state index is 0.199. The second-order valence-corrected chi connectivity index (χ2v) is 9.43. The fourth-order valence-electron chi connectivity index (χ4n) is 3.86. The molecule has 4 aromatic rings. The first-order valence-electron chi connectivity index (χ1n) is 11.2. The van der Waals surface area contributed by atoms with Crippen molar-refractivity contribution in [2.75, 3.05) is 16.0 Å². The van der Waals surface area contributed by atoms with Gasteiger partial charge in [0, 0.05) is 38.6 Å². The first kappa shape index (κ1) is 25.2. The summed E-state index contributed by atoms with van der Waals surface area (Å²) < 4.78 is 52.4. The van der Waals surface area contributed by atoms with Gasteiger partial charge in [0.15, 0.2) is 0 Å². The van der Waals surface area contributed by atoms with E-state index in [4.69, 9.17) is 0 Å². The highest BCUT2D eigenvalue weighted by Crippen LogP contribution is 2.38. The quantitative estimate of drug-likeness (QED) is 0.157. The van der Waals surface area contributed by atoms with Crippen molar-refractivity contribution in [3.63, 3.8) is 0 Å². The van der Waals surface area contributed by atoms with Crippen molar-refractivity contribution in [2.24, 2.45) is 0 Å². The Labute approximate surface area is 218 Å². The lowest BCUT2D eigenvalue weighted by atomic mass is 10.1. The number of halogens is 4. The zero-order chi connectivity index (χ0) is 26.9. The molecular weight excluding hydrogens is 520 g/mol. The Bertz CT molecular complexity index is 1570. The number of anilines is 3.